The minimum absolute atomic E-state index is 0.0703. The number of benzene rings is 3. The fourth-order valence-corrected chi connectivity index (χ4v) is 3.57. The molecule has 28 heavy (non-hydrogen) atoms. The monoisotopic (exact) mass is 370 g/mol. The molecule has 0 radical (unpaired) electrons. The van der Waals surface area contributed by atoms with Gasteiger partial charge in [0.1, 0.15) is 11.6 Å². The molecule has 1 heterocycles. The molecule has 4 heteroatoms. The molecule has 0 spiro atoms. The predicted octanol–water partition coefficient (Wildman–Crippen LogP) is 4.99. The lowest BCUT2D eigenvalue weighted by Crippen LogP contribution is -2.22. The first-order valence-electron chi connectivity index (χ1n) is 9.24. The van der Waals surface area contributed by atoms with Crippen molar-refractivity contribution in [1.29, 1.82) is 0 Å². The Balaban J connectivity index is 2.12. The molecule has 0 aliphatic heterocycles. The molecule has 0 N–H and O–H groups in total. The molecular formula is C24H22N2O2. The molecular weight excluding hydrogens is 348 g/mol. The summed E-state index contributed by atoms with van der Waals surface area (Å²) in [6.07, 6.45) is 0. The van der Waals surface area contributed by atoms with E-state index in [-0.39, 0.29) is 5.56 Å². The molecule has 0 saturated carbocycles. The second-order valence-corrected chi connectivity index (χ2v) is 7.07. The van der Waals surface area contributed by atoms with Crippen LogP contribution in [0.5, 0.6) is 5.75 Å². The van der Waals surface area contributed by atoms with E-state index in [9.17, 15) is 4.79 Å². The quantitative estimate of drug-likeness (QED) is 0.510. The van der Waals surface area contributed by atoms with Crippen molar-refractivity contribution in [2.45, 2.75) is 20.8 Å². The van der Waals surface area contributed by atoms with Crippen molar-refractivity contribution >= 4 is 10.9 Å². The number of aryl methyl sites for hydroxylation is 3. The molecule has 0 atom stereocenters. The molecule has 0 amide bonds. The lowest BCUT2D eigenvalue weighted by atomic mass is 10.0. The van der Waals surface area contributed by atoms with Gasteiger partial charge in [0.05, 0.1) is 23.7 Å². The Morgan fingerprint density at radius 3 is 2.43 bits per heavy atom. The maximum Gasteiger partial charge on any atom is 0.266 e. The predicted molar refractivity (Wildman–Crippen MR) is 114 cm³/mol. The Hall–Kier alpha value is -3.40. The van der Waals surface area contributed by atoms with Crippen molar-refractivity contribution in [3.63, 3.8) is 0 Å². The van der Waals surface area contributed by atoms with Crippen LogP contribution in [0.3, 0.4) is 0 Å². The summed E-state index contributed by atoms with van der Waals surface area (Å²) < 4.78 is 7.16. The van der Waals surface area contributed by atoms with Crippen LogP contribution in [0.1, 0.15) is 16.7 Å². The molecule has 0 saturated heterocycles. The maximum atomic E-state index is 13.5. The van der Waals surface area contributed by atoms with Gasteiger partial charge in [-0.25, -0.2) is 4.98 Å². The van der Waals surface area contributed by atoms with Gasteiger partial charge in [0, 0.05) is 5.56 Å². The Bertz CT molecular complexity index is 1260. The van der Waals surface area contributed by atoms with Gasteiger partial charge in [-0.2, -0.15) is 0 Å². The lowest BCUT2D eigenvalue weighted by Gasteiger charge is -2.17. The van der Waals surface area contributed by atoms with E-state index in [1.165, 1.54) is 0 Å². The number of nitrogens with zero attached hydrogens (tertiary/aromatic N) is 2. The molecule has 3 aromatic carbocycles. The van der Waals surface area contributed by atoms with Crippen molar-refractivity contribution in [1.82, 2.24) is 9.55 Å². The van der Waals surface area contributed by atoms with Gasteiger partial charge in [-0.05, 0) is 73.9 Å². The van der Waals surface area contributed by atoms with Gasteiger partial charge in [-0.15, -0.1) is 0 Å². The molecule has 4 aromatic rings. The Kier molecular flexibility index (Phi) is 4.47. The summed E-state index contributed by atoms with van der Waals surface area (Å²) in [4.78, 5) is 18.3. The van der Waals surface area contributed by atoms with Crippen LogP contribution in [-0.4, -0.2) is 16.7 Å². The lowest BCUT2D eigenvalue weighted by molar-refractivity contribution is 0.411. The zero-order chi connectivity index (χ0) is 19.8. The minimum Gasteiger partial charge on any atom is -0.496 e. The Labute approximate surface area is 164 Å². The van der Waals surface area contributed by atoms with Crippen molar-refractivity contribution in [3.8, 4) is 22.8 Å². The standard InChI is InChI=1S/C24H22N2O2/c1-15-8-7-9-18(12-15)26-23(20-13-17(3)22(28-4)14-16(20)2)25-21-11-6-5-10-19(21)24(26)27/h5-14H,1-4H3. The summed E-state index contributed by atoms with van der Waals surface area (Å²) in [5.41, 5.74) is 5.45. The van der Waals surface area contributed by atoms with Gasteiger partial charge in [-0.3, -0.25) is 9.36 Å². The van der Waals surface area contributed by atoms with Crippen molar-refractivity contribution in [3.05, 3.63) is 87.7 Å². The fraction of sp³-hybridized carbons (Fsp3) is 0.167. The summed E-state index contributed by atoms with van der Waals surface area (Å²) in [5.74, 6) is 1.46. The second kappa shape index (κ2) is 6.97. The smallest absolute Gasteiger partial charge is 0.266 e. The van der Waals surface area contributed by atoms with E-state index in [4.69, 9.17) is 9.72 Å². The average Bonchev–Trinajstić information content (AvgIpc) is 2.69. The van der Waals surface area contributed by atoms with Crippen molar-refractivity contribution in [2.75, 3.05) is 7.11 Å². The molecule has 0 unspecified atom stereocenters. The first-order valence-corrected chi connectivity index (χ1v) is 9.24. The van der Waals surface area contributed by atoms with E-state index in [1.807, 2.05) is 81.4 Å². The largest absolute Gasteiger partial charge is 0.496 e. The summed E-state index contributed by atoms with van der Waals surface area (Å²) in [6, 6.07) is 19.4. The van der Waals surface area contributed by atoms with E-state index >= 15 is 0 Å². The molecule has 4 rings (SSSR count). The van der Waals surface area contributed by atoms with E-state index in [0.717, 1.165) is 33.7 Å². The molecule has 0 aliphatic rings. The van der Waals surface area contributed by atoms with Crippen molar-refractivity contribution < 1.29 is 4.74 Å². The SMILES string of the molecule is COc1cc(C)c(-c2nc3ccccc3c(=O)n2-c2cccc(C)c2)cc1C. The average molecular weight is 370 g/mol. The highest BCUT2D eigenvalue weighted by Crippen LogP contribution is 2.30. The van der Waals surface area contributed by atoms with Gasteiger partial charge in [0.2, 0.25) is 0 Å². The number of rotatable bonds is 3. The molecule has 0 fully saturated rings. The zero-order valence-corrected chi connectivity index (χ0v) is 16.5. The van der Waals surface area contributed by atoms with E-state index in [1.54, 1.807) is 11.7 Å². The zero-order valence-electron chi connectivity index (χ0n) is 16.5. The highest BCUT2D eigenvalue weighted by atomic mass is 16.5. The number of para-hydroxylation sites is 1. The number of hydrogen-bond donors (Lipinski definition) is 0. The molecule has 140 valence electrons. The van der Waals surface area contributed by atoms with Crippen LogP contribution < -0.4 is 10.3 Å². The highest BCUT2D eigenvalue weighted by molar-refractivity contribution is 5.81. The maximum absolute atomic E-state index is 13.5. The van der Waals surface area contributed by atoms with Crippen LogP contribution in [-0.2, 0) is 0 Å². The highest BCUT2D eigenvalue weighted by Gasteiger charge is 2.17. The van der Waals surface area contributed by atoms with Gasteiger partial charge >= 0.3 is 0 Å². The molecule has 0 bridgehead atoms. The molecule has 4 nitrogen and oxygen atoms in total. The summed E-state index contributed by atoms with van der Waals surface area (Å²) in [7, 11) is 1.67. The summed E-state index contributed by atoms with van der Waals surface area (Å²) >= 11 is 0. The van der Waals surface area contributed by atoms with Crippen LogP contribution in [0.25, 0.3) is 28.0 Å². The fourth-order valence-electron chi connectivity index (χ4n) is 3.57. The normalized spacial score (nSPS) is 11.0. The summed E-state index contributed by atoms with van der Waals surface area (Å²) in [5, 5.41) is 0.607. The summed E-state index contributed by atoms with van der Waals surface area (Å²) in [6.45, 7) is 6.03. The van der Waals surface area contributed by atoms with Gasteiger partial charge in [0.25, 0.3) is 5.56 Å². The third-order valence-corrected chi connectivity index (χ3v) is 5.02. The Morgan fingerprint density at radius 2 is 1.68 bits per heavy atom. The second-order valence-electron chi connectivity index (χ2n) is 7.07. The van der Waals surface area contributed by atoms with Gasteiger partial charge in [0.15, 0.2) is 0 Å². The number of hydrogen-bond acceptors (Lipinski definition) is 3. The van der Waals surface area contributed by atoms with Gasteiger partial charge < -0.3 is 4.74 Å². The molecule has 0 aliphatic carbocycles. The van der Waals surface area contributed by atoms with Crippen LogP contribution in [0.2, 0.25) is 0 Å². The van der Waals surface area contributed by atoms with Crippen LogP contribution in [0, 0.1) is 20.8 Å². The first kappa shape index (κ1) is 18.0. The topological polar surface area (TPSA) is 44.1 Å². The van der Waals surface area contributed by atoms with E-state index in [0.29, 0.717) is 16.7 Å². The van der Waals surface area contributed by atoms with Crippen LogP contribution >= 0.6 is 0 Å². The number of methoxy groups -OCH3 is 1. The number of ether oxygens (including phenoxy) is 1. The first-order chi connectivity index (χ1) is 13.5. The Morgan fingerprint density at radius 1 is 0.893 bits per heavy atom. The van der Waals surface area contributed by atoms with Crippen LogP contribution in [0.15, 0.2) is 65.5 Å². The third-order valence-electron chi connectivity index (χ3n) is 5.02. The van der Waals surface area contributed by atoms with Gasteiger partial charge in [-0.1, -0.05) is 24.3 Å². The number of fused-ring (bicyclic) bond motifs is 1. The van der Waals surface area contributed by atoms with Crippen LogP contribution in [0.4, 0.5) is 0 Å². The van der Waals surface area contributed by atoms with Crippen molar-refractivity contribution in [2.24, 2.45) is 0 Å². The third kappa shape index (κ3) is 2.97. The van der Waals surface area contributed by atoms with E-state index in [2.05, 4.69) is 0 Å². The minimum atomic E-state index is -0.0703. The van der Waals surface area contributed by atoms with E-state index < -0.39 is 0 Å². The molecule has 1 aromatic heterocycles. The number of aromatic nitrogens is 2.